The minimum Gasteiger partial charge on any atom is -0.497 e. The summed E-state index contributed by atoms with van der Waals surface area (Å²) in [5.41, 5.74) is 6.25. The third kappa shape index (κ3) is 4.69. The van der Waals surface area contributed by atoms with Gasteiger partial charge in [0.05, 0.1) is 12.9 Å². The zero-order valence-corrected chi connectivity index (χ0v) is 13.2. The van der Waals surface area contributed by atoms with Gasteiger partial charge in [0.2, 0.25) is 5.91 Å². The highest BCUT2D eigenvalue weighted by Gasteiger charge is 2.07. The van der Waals surface area contributed by atoms with Crippen LogP contribution < -0.4 is 10.5 Å². The fourth-order valence-corrected chi connectivity index (χ4v) is 4.06. The van der Waals surface area contributed by atoms with Gasteiger partial charge in [0.25, 0.3) is 0 Å². The van der Waals surface area contributed by atoms with Gasteiger partial charge in [-0.15, -0.1) is 10.2 Å². The van der Waals surface area contributed by atoms with Crippen molar-refractivity contribution in [1.29, 1.82) is 0 Å². The van der Waals surface area contributed by atoms with E-state index in [1.165, 1.54) is 23.1 Å². The molecule has 0 aliphatic rings. The van der Waals surface area contributed by atoms with E-state index < -0.39 is 0 Å². The van der Waals surface area contributed by atoms with Crippen LogP contribution in [0.2, 0.25) is 0 Å². The first-order valence-corrected chi connectivity index (χ1v) is 8.46. The molecule has 1 aromatic carbocycles. The van der Waals surface area contributed by atoms with Gasteiger partial charge in [0.15, 0.2) is 8.68 Å². The van der Waals surface area contributed by atoms with Gasteiger partial charge in [0, 0.05) is 5.75 Å². The highest BCUT2D eigenvalue weighted by Crippen LogP contribution is 2.31. The summed E-state index contributed by atoms with van der Waals surface area (Å²) in [6.07, 6.45) is 0. The Morgan fingerprint density at radius 3 is 2.80 bits per heavy atom. The number of amides is 1. The molecule has 0 fully saturated rings. The number of thioether (sulfide) groups is 2. The van der Waals surface area contributed by atoms with Gasteiger partial charge >= 0.3 is 0 Å². The Kier molecular flexibility index (Phi) is 5.69. The van der Waals surface area contributed by atoms with E-state index in [2.05, 4.69) is 10.2 Å². The first kappa shape index (κ1) is 15.1. The third-order valence-corrected chi connectivity index (χ3v) is 5.51. The van der Waals surface area contributed by atoms with Crippen molar-refractivity contribution in [3.63, 3.8) is 0 Å². The summed E-state index contributed by atoms with van der Waals surface area (Å²) < 4.78 is 6.82. The quantitative estimate of drug-likeness (QED) is 0.787. The summed E-state index contributed by atoms with van der Waals surface area (Å²) in [5, 5.41) is 8.09. The average Bonchev–Trinajstić information content (AvgIpc) is 2.91. The topological polar surface area (TPSA) is 78.1 Å². The molecular weight excluding hydrogens is 314 g/mol. The largest absolute Gasteiger partial charge is 0.497 e. The molecule has 2 aromatic rings. The second-order valence-electron chi connectivity index (χ2n) is 3.73. The van der Waals surface area contributed by atoms with Crippen molar-refractivity contribution in [2.24, 2.45) is 5.73 Å². The van der Waals surface area contributed by atoms with Gasteiger partial charge in [-0.2, -0.15) is 0 Å². The minimum atomic E-state index is -0.351. The van der Waals surface area contributed by atoms with Crippen molar-refractivity contribution >= 4 is 40.8 Å². The molecule has 8 heteroatoms. The first-order chi connectivity index (χ1) is 9.67. The fraction of sp³-hybridized carbons (Fsp3) is 0.250. The lowest BCUT2D eigenvalue weighted by Crippen LogP contribution is -2.12. The predicted molar refractivity (Wildman–Crippen MR) is 82.4 cm³/mol. The number of methoxy groups -OCH3 is 1. The maximum absolute atomic E-state index is 10.7. The van der Waals surface area contributed by atoms with E-state index in [1.54, 1.807) is 18.9 Å². The van der Waals surface area contributed by atoms with Crippen LogP contribution in [-0.2, 0) is 10.5 Å². The van der Waals surface area contributed by atoms with Crippen LogP contribution in [0.1, 0.15) is 5.56 Å². The van der Waals surface area contributed by atoms with E-state index in [-0.39, 0.29) is 11.7 Å². The van der Waals surface area contributed by atoms with E-state index in [9.17, 15) is 4.79 Å². The Morgan fingerprint density at radius 2 is 2.10 bits per heavy atom. The van der Waals surface area contributed by atoms with Crippen LogP contribution >= 0.6 is 34.9 Å². The van der Waals surface area contributed by atoms with E-state index in [4.69, 9.17) is 10.5 Å². The standard InChI is InChI=1S/C12H13N3O2S3/c1-17-9-4-2-3-8(5-9)6-18-11-14-15-12(20-11)19-7-10(13)16/h2-5H,6-7H2,1H3,(H2,13,16). The molecule has 1 amide bonds. The smallest absolute Gasteiger partial charge is 0.227 e. The number of carbonyl (C=O) groups excluding carboxylic acids is 1. The Bertz CT molecular complexity index is 589. The summed E-state index contributed by atoms with van der Waals surface area (Å²) in [5.74, 6) is 1.52. The van der Waals surface area contributed by atoms with E-state index in [0.717, 1.165) is 25.7 Å². The zero-order valence-electron chi connectivity index (χ0n) is 10.7. The molecule has 5 nitrogen and oxygen atoms in total. The lowest BCUT2D eigenvalue weighted by Gasteiger charge is -2.02. The highest BCUT2D eigenvalue weighted by molar-refractivity contribution is 8.03. The number of nitrogens with zero attached hydrogens (tertiary/aromatic N) is 2. The second kappa shape index (κ2) is 7.51. The monoisotopic (exact) mass is 327 g/mol. The summed E-state index contributed by atoms with van der Waals surface area (Å²) in [6.45, 7) is 0. The van der Waals surface area contributed by atoms with Crippen LogP contribution in [0.5, 0.6) is 5.75 Å². The number of nitrogens with two attached hydrogens (primary N) is 1. The molecular formula is C12H13N3O2S3. The first-order valence-electron chi connectivity index (χ1n) is 5.67. The lowest BCUT2D eigenvalue weighted by atomic mass is 10.2. The summed E-state index contributed by atoms with van der Waals surface area (Å²) >= 11 is 4.39. The molecule has 1 aromatic heterocycles. The van der Waals surface area contributed by atoms with Crippen LogP contribution in [0, 0.1) is 0 Å². The Labute approximate surface area is 129 Å². The third-order valence-electron chi connectivity index (χ3n) is 2.22. The normalized spacial score (nSPS) is 10.4. The summed E-state index contributed by atoms with van der Waals surface area (Å²) in [6, 6.07) is 7.91. The number of hydrogen-bond donors (Lipinski definition) is 1. The zero-order chi connectivity index (χ0) is 14.4. The van der Waals surface area contributed by atoms with Crippen molar-refractivity contribution in [3.05, 3.63) is 29.8 Å². The highest BCUT2D eigenvalue weighted by atomic mass is 32.2. The van der Waals surface area contributed by atoms with E-state index in [0.29, 0.717) is 0 Å². The van der Waals surface area contributed by atoms with Crippen molar-refractivity contribution in [3.8, 4) is 5.75 Å². The van der Waals surface area contributed by atoms with E-state index >= 15 is 0 Å². The van der Waals surface area contributed by atoms with Gasteiger partial charge in [-0.3, -0.25) is 4.79 Å². The maximum atomic E-state index is 10.7. The van der Waals surface area contributed by atoms with Crippen molar-refractivity contribution in [2.45, 2.75) is 14.4 Å². The SMILES string of the molecule is COc1cccc(CSc2nnc(SCC(N)=O)s2)c1. The van der Waals surface area contributed by atoms with Gasteiger partial charge in [-0.25, -0.2) is 0 Å². The number of aromatic nitrogens is 2. The lowest BCUT2D eigenvalue weighted by molar-refractivity contribution is -0.115. The Hall–Kier alpha value is -1.25. The molecule has 0 unspecified atom stereocenters. The average molecular weight is 327 g/mol. The molecule has 20 heavy (non-hydrogen) atoms. The van der Waals surface area contributed by atoms with Crippen LogP contribution in [0.15, 0.2) is 32.9 Å². The molecule has 2 N–H and O–H groups in total. The molecule has 0 saturated carbocycles. The van der Waals surface area contributed by atoms with Gasteiger partial charge < -0.3 is 10.5 Å². The van der Waals surface area contributed by atoms with Crippen molar-refractivity contribution in [1.82, 2.24) is 10.2 Å². The Morgan fingerprint density at radius 1 is 1.35 bits per heavy atom. The molecule has 0 spiro atoms. The van der Waals surface area contributed by atoms with Gasteiger partial charge in [-0.05, 0) is 17.7 Å². The molecule has 1 heterocycles. The van der Waals surface area contributed by atoms with Gasteiger partial charge in [0.1, 0.15) is 5.75 Å². The fourth-order valence-electron chi connectivity index (χ4n) is 1.35. The maximum Gasteiger partial charge on any atom is 0.227 e. The van der Waals surface area contributed by atoms with Crippen molar-refractivity contribution in [2.75, 3.05) is 12.9 Å². The Balaban J connectivity index is 1.88. The molecule has 0 saturated heterocycles. The molecule has 2 rings (SSSR count). The summed E-state index contributed by atoms with van der Waals surface area (Å²) in [4.78, 5) is 10.7. The van der Waals surface area contributed by atoms with E-state index in [1.807, 2.05) is 24.3 Å². The number of primary amides is 1. The second-order valence-corrected chi connectivity index (χ2v) is 7.15. The number of benzene rings is 1. The van der Waals surface area contributed by atoms with Gasteiger partial charge in [-0.1, -0.05) is 47.0 Å². The molecule has 0 atom stereocenters. The van der Waals surface area contributed by atoms with Crippen LogP contribution in [0.4, 0.5) is 0 Å². The van der Waals surface area contributed by atoms with Crippen molar-refractivity contribution < 1.29 is 9.53 Å². The van der Waals surface area contributed by atoms with Crippen LogP contribution in [0.3, 0.4) is 0 Å². The number of carbonyl (C=O) groups is 1. The molecule has 0 radical (unpaired) electrons. The number of ether oxygens (including phenoxy) is 1. The minimum absolute atomic E-state index is 0.231. The predicted octanol–water partition coefficient (Wildman–Crippen LogP) is 2.42. The number of hydrogen-bond acceptors (Lipinski definition) is 7. The molecule has 0 aliphatic heterocycles. The number of rotatable bonds is 7. The van der Waals surface area contributed by atoms with Crippen LogP contribution in [-0.4, -0.2) is 29.0 Å². The molecule has 0 bridgehead atoms. The molecule has 106 valence electrons. The molecule has 0 aliphatic carbocycles. The van der Waals surface area contributed by atoms with Crippen LogP contribution in [0.25, 0.3) is 0 Å². The summed E-state index contributed by atoms with van der Waals surface area (Å²) in [7, 11) is 1.65.